The molecular formula is C16H23NO3. The number of para-hydroxylation sites is 1. The molecule has 110 valence electrons. The topological polar surface area (TPSA) is 30.9 Å². The van der Waals surface area contributed by atoms with Gasteiger partial charge in [-0.05, 0) is 13.1 Å². The zero-order valence-corrected chi connectivity index (χ0v) is 12.2. The van der Waals surface area contributed by atoms with Gasteiger partial charge in [0.15, 0.2) is 0 Å². The fourth-order valence-corrected chi connectivity index (χ4v) is 2.23. The summed E-state index contributed by atoms with van der Waals surface area (Å²) < 4.78 is 16.4. The molecule has 20 heavy (non-hydrogen) atoms. The molecule has 1 aromatic carbocycles. The van der Waals surface area contributed by atoms with E-state index >= 15 is 0 Å². The lowest BCUT2D eigenvalue weighted by molar-refractivity contribution is -0.0950. The van der Waals surface area contributed by atoms with Crippen LogP contribution in [0.4, 0.5) is 0 Å². The number of rotatable bonds is 6. The molecule has 1 atom stereocenters. The Balaban J connectivity index is 1.79. The molecule has 1 aliphatic rings. The third-order valence-electron chi connectivity index (χ3n) is 3.25. The Morgan fingerprint density at radius 3 is 2.95 bits per heavy atom. The molecule has 1 unspecified atom stereocenters. The molecule has 0 N–H and O–H groups in total. The smallest absolute Gasteiger partial charge is 0.126 e. The van der Waals surface area contributed by atoms with Crippen molar-refractivity contribution in [2.75, 3.05) is 47.1 Å². The Bertz CT molecular complexity index is 427. The van der Waals surface area contributed by atoms with Gasteiger partial charge in [-0.15, -0.1) is 0 Å². The van der Waals surface area contributed by atoms with Crippen LogP contribution >= 0.6 is 0 Å². The van der Waals surface area contributed by atoms with Gasteiger partial charge in [0, 0.05) is 18.7 Å². The fourth-order valence-electron chi connectivity index (χ4n) is 2.23. The third-order valence-corrected chi connectivity index (χ3v) is 3.25. The summed E-state index contributed by atoms with van der Waals surface area (Å²) in [6.07, 6.45) is 4.42. The molecule has 1 fully saturated rings. The maximum Gasteiger partial charge on any atom is 0.126 e. The first-order valence-electron chi connectivity index (χ1n) is 6.97. The van der Waals surface area contributed by atoms with Crippen LogP contribution in [0, 0.1) is 0 Å². The maximum atomic E-state index is 5.64. The van der Waals surface area contributed by atoms with E-state index in [4.69, 9.17) is 14.2 Å². The van der Waals surface area contributed by atoms with Gasteiger partial charge in [0.1, 0.15) is 5.75 Å². The number of benzene rings is 1. The van der Waals surface area contributed by atoms with E-state index in [9.17, 15) is 0 Å². The quantitative estimate of drug-likeness (QED) is 0.796. The maximum absolute atomic E-state index is 5.64. The summed E-state index contributed by atoms with van der Waals surface area (Å²) in [5, 5.41) is 0. The average molecular weight is 277 g/mol. The van der Waals surface area contributed by atoms with Crippen LogP contribution in [0.2, 0.25) is 0 Å². The number of methoxy groups -OCH3 is 1. The Kier molecular flexibility index (Phi) is 6.05. The minimum atomic E-state index is 0.188. The number of ether oxygens (including phenoxy) is 3. The highest BCUT2D eigenvalue weighted by atomic mass is 16.6. The van der Waals surface area contributed by atoms with E-state index in [1.165, 1.54) is 0 Å². The van der Waals surface area contributed by atoms with Gasteiger partial charge in [0.05, 0.1) is 33.0 Å². The van der Waals surface area contributed by atoms with Gasteiger partial charge in [-0.2, -0.15) is 0 Å². The molecule has 0 spiro atoms. The van der Waals surface area contributed by atoms with Crippen molar-refractivity contribution in [1.82, 2.24) is 4.90 Å². The van der Waals surface area contributed by atoms with Crippen molar-refractivity contribution >= 4 is 6.08 Å². The minimum Gasteiger partial charge on any atom is -0.496 e. The van der Waals surface area contributed by atoms with Gasteiger partial charge in [0.25, 0.3) is 0 Å². The normalized spacial score (nSPS) is 19.6. The van der Waals surface area contributed by atoms with Gasteiger partial charge in [-0.1, -0.05) is 30.4 Å². The van der Waals surface area contributed by atoms with E-state index in [-0.39, 0.29) is 6.10 Å². The zero-order chi connectivity index (χ0) is 14.2. The summed E-state index contributed by atoms with van der Waals surface area (Å²) >= 11 is 0. The van der Waals surface area contributed by atoms with Crippen LogP contribution in [-0.4, -0.2) is 58.1 Å². The molecule has 1 aliphatic heterocycles. The van der Waals surface area contributed by atoms with Gasteiger partial charge >= 0.3 is 0 Å². The summed E-state index contributed by atoms with van der Waals surface area (Å²) in [5.41, 5.74) is 1.10. The lowest BCUT2D eigenvalue weighted by Gasteiger charge is -2.26. The molecule has 0 saturated carbocycles. The summed E-state index contributed by atoms with van der Waals surface area (Å²) in [7, 11) is 3.78. The first-order chi connectivity index (χ1) is 9.79. The highest BCUT2D eigenvalue weighted by molar-refractivity contribution is 5.57. The molecule has 1 aromatic rings. The van der Waals surface area contributed by atoms with Crippen LogP contribution in [0.5, 0.6) is 5.75 Å². The Morgan fingerprint density at radius 2 is 2.20 bits per heavy atom. The fraction of sp³-hybridized carbons (Fsp3) is 0.500. The summed E-state index contributed by atoms with van der Waals surface area (Å²) in [6, 6.07) is 8.01. The second-order valence-corrected chi connectivity index (χ2v) is 4.93. The molecule has 2 rings (SSSR count). The van der Waals surface area contributed by atoms with Crippen LogP contribution < -0.4 is 4.74 Å². The van der Waals surface area contributed by atoms with Gasteiger partial charge in [-0.25, -0.2) is 0 Å². The van der Waals surface area contributed by atoms with Crippen LogP contribution in [0.25, 0.3) is 6.08 Å². The first-order valence-corrected chi connectivity index (χ1v) is 6.97. The van der Waals surface area contributed by atoms with Crippen molar-refractivity contribution in [2.45, 2.75) is 6.10 Å². The van der Waals surface area contributed by atoms with Crippen molar-refractivity contribution in [3.8, 4) is 5.75 Å². The summed E-state index contributed by atoms with van der Waals surface area (Å²) in [5.74, 6) is 0.899. The van der Waals surface area contributed by atoms with Crippen LogP contribution in [0.1, 0.15) is 5.56 Å². The van der Waals surface area contributed by atoms with E-state index in [0.717, 1.165) is 24.4 Å². The molecular weight excluding hydrogens is 254 g/mol. The third kappa shape index (κ3) is 4.63. The molecule has 0 radical (unpaired) electrons. The Labute approximate surface area is 120 Å². The molecule has 0 amide bonds. The molecule has 1 saturated heterocycles. The molecule has 0 aromatic heterocycles. The predicted octanol–water partition coefficient (Wildman–Crippen LogP) is 2.06. The number of hydrogen-bond donors (Lipinski definition) is 0. The number of likely N-dealkylation sites (N-methyl/N-ethyl adjacent to an activating group) is 1. The average Bonchev–Trinajstić information content (AvgIpc) is 2.49. The summed E-state index contributed by atoms with van der Waals surface area (Å²) in [6.45, 7) is 3.87. The minimum absolute atomic E-state index is 0.188. The summed E-state index contributed by atoms with van der Waals surface area (Å²) in [4.78, 5) is 2.23. The molecule has 4 heteroatoms. The van der Waals surface area contributed by atoms with Crippen LogP contribution in [0.3, 0.4) is 0 Å². The lowest BCUT2D eigenvalue weighted by atomic mass is 10.2. The largest absolute Gasteiger partial charge is 0.496 e. The van der Waals surface area contributed by atoms with Crippen LogP contribution in [-0.2, 0) is 9.47 Å². The second kappa shape index (κ2) is 8.04. The highest BCUT2D eigenvalue weighted by Gasteiger charge is 2.15. The predicted molar refractivity (Wildman–Crippen MR) is 80.1 cm³/mol. The standard InChI is InChI=1S/C16H23NO3/c1-17(12-15-13-19-10-11-20-15)9-5-7-14-6-3-4-8-16(14)18-2/h3-8,15H,9-13H2,1-2H3. The second-order valence-electron chi connectivity index (χ2n) is 4.93. The van der Waals surface area contributed by atoms with E-state index in [1.54, 1.807) is 7.11 Å². The Hall–Kier alpha value is -1.36. The van der Waals surface area contributed by atoms with E-state index < -0.39 is 0 Å². The van der Waals surface area contributed by atoms with Crippen molar-refractivity contribution in [2.24, 2.45) is 0 Å². The zero-order valence-electron chi connectivity index (χ0n) is 12.2. The number of nitrogens with zero attached hydrogens (tertiary/aromatic N) is 1. The number of hydrogen-bond acceptors (Lipinski definition) is 4. The van der Waals surface area contributed by atoms with Gasteiger partial charge in [-0.3, -0.25) is 0 Å². The molecule has 1 heterocycles. The highest BCUT2D eigenvalue weighted by Crippen LogP contribution is 2.18. The van der Waals surface area contributed by atoms with Crippen molar-refractivity contribution < 1.29 is 14.2 Å². The monoisotopic (exact) mass is 277 g/mol. The van der Waals surface area contributed by atoms with Crippen molar-refractivity contribution in [1.29, 1.82) is 0 Å². The van der Waals surface area contributed by atoms with Gasteiger partial charge < -0.3 is 19.1 Å². The van der Waals surface area contributed by atoms with Crippen molar-refractivity contribution in [3.63, 3.8) is 0 Å². The lowest BCUT2D eigenvalue weighted by Crippen LogP contribution is -2.38. The first kappa shape index (κ1) is 15.0. The molecule has 0 bridgehead atoms. The van der Waals surface area contributed by atoms with Crippen LogP contribution in [0.15, 0.2) is 30.3 Å². The van der Waals surface area contributed by atoms with E-state index in [2.05, 4.69) is 24.1 Å². The SMILES string of the molecule is COc1ccccc1C=CCN(C)CC1COCCO1. The van der Waals surface area contributed by atoms with Crippen molar-refractivity contribution in [3.05, 3.63) is 35.9 Å². The van der Waals surface area contributed by atoms with Gasteiger partial charge in [0.2, 0.25) is 0 Å². The van der Waals surface area contributed by atoms with E-state index in [1.807, 2.05) is 24.3 Å². The Morgan fingerprint density at radius 1 is 1.35 bits per heavy atom. The van der Waals surface area contributed by atoms with E-state index in [0.29, 0.717) is 19.8 Å². The molecule has 4 nitrogen and oxygen atoms in total. The molecule has 0 aliphatic carbocycles.